The van der Waals surface area contributed by atoms with Crippen molar-refractivity contribution in [2.75, 3.05) is 18.4 Å². The van der Waals surface area contributed by atoms with Crippen LogP contribution in [0.15, 0.2) is 79.0 Å². The number of hydrazine groups is 1. The van der Waals surface area contributed by atoms with Gasteiger partial charge in [-0.25, -0.2) is 14.1 Å². The minimum Gasteiger partial charge on any atom is -0.322 e. The summed E-state index contributed by atoms with van der Waals surface area (Å²) in [6.45, 7) is 1.58. The van der Waals surface area contributed by atoms with Crippen molar-refractivity contribution in [2.45, 2.75) is 19.3 Å². The van der Waals surface area contributed by atoms with E-state index in [0.29, 0.717) is 22.5 Å². The third kappa shape index (κ3) is 5.71. The number of anilines is 1. The van der Waals surface area contributed by atoms with Gasteiger partial charge in [0.15, 0.2) is 0 Å². The van der Waals surface area contributed by atoms with Crippen molar-refractivity contribution < 1.29 is 14.0 Å². The summed E-state index contributed by atoms with van der Waals surface area (Å²) in [6.07, 6.45) is 4.83. The van der Waals surface area contributed by atoms with Gasteiger partial charge in [0.2, 0.25) is 0 Å². The van der Waals surface area contributed by atoms with Crippen molar-refractivity contribution in [1.29, 1.82) is 0 Å². The molecule has 9 heteroatoms. The normalized spacial score (nSPS) is 13.8. The Morgan fingerprint density at radius 3 is 2.32 bits per heavy atom. The zero-order chi connectivity index (χ0) is 25.8. The molecule has 4 aromatic rings. The molecule has 1 aliphatic rings. The second-order valence-corrected chi connectivity index (χ2v) is 9.22. The molecule has 1 fully saturated rings. The highest BCUT2D eigenvalue weighted by atomic mass is 35.5. The van der Waals surface area contributed by atoms with E-state index in [1.807, 2.05) is 35.3 Å². The monoisotopic (exact) mass is 517 g/mol. The van der Waals surface area contributed by atoms with Crippen LogP contribution < -0.4 is 10.7 Å². The van der Waals surface area contributed by atoms with Crippen LogP contribution in [0.1, 0.15) is 40.0 Å². The number of nitrogens with zero attached hydrogens (tertiary/aromatic N) is 3. The number of carbonyl (C=O) groups excluding carboxylic acids is 2. The van der Waals surface area contributed by atoms with E-state index in [-0.39, 0.29) is 22.3 Å². The summed E-state index contributed by atoms with van der Waals surface area (Å²) in [5.41, 5.74) is 5.64. The minimum atomic E-state index is -0.425. The van der Waals surface area contributed by atoms with Crippen LogP contribution in [0.5, 0.6) is 0 Å². The lowest BCUT2D eigenvalue weighted by molar-refractivity contribution is 0.0750. The molecule has 0 aliphatic carbocycles. The number of aromatic nitrogens is 2. The van der Waals surface area contributed by atoms with E-state index in [1.165, 1.54) is 12.1 Å². The van der Waals surface area contributed by atoms with Gasteiger partial charge in [0, 0.05) is 30.5 Å². The molecule has 1 aromatic heterocycles. The molecule has 2 heterocycles. The first-order valence-electron chi connectivity index (χ1n) is 12.1. The Labute approximate surface area is 218 Å². The molecule has 1 aliphatic heterocycles. The van der Waals surface area contributed by atoms with E-state index in [4.69, 9.17) is 11.6 Å². The largest absolute Gasteiger partial charge is 0.322 e. The summed E-state index contributed by atoms with van der Waals surface area (Å²) in [4.78, 5) is 26.3. The van der Waals surface area contributed by atoms with Gasteiger partial charge in [-0.1, -0.05) is 36.2 Å². The Kier molecular flexibility index (Phi) is 7.30. The van der Waals surface area contributed by atoms with Gasteiger partial charge in [0.05, 0.1) is 21.8 Å². The molecule has 0 bridgehead atoms. The van der Waals surface area contributed by atoms with Gasteiger partial charge in [0.25, 0.3) is 11.8 Å². The number of halogens is 2. The van der Waals surface area contributed by atoms with E-state index in [0.717, 1.165) is 38.0 Å². The summed E-state index contributed by atoms with van der Waals surface area (Å²) in [5, 5.41) is 9.64. The quantitative estimate of drug-likeness (QED) is 0.343. The Morgan fingerprint density at radius 1 is 0.865 bits per heavy atom. The van der Waals surface area contributed by atoms with Crippen LogP contribution >= 0.6 is 11.6 Å². The first-order valence-corrected chi connectivity index (χ1v) is 12.4. The standard InChI is InChI=1S/C28H25ClFN5O2/c29-25-14-13-21(17-23(25)28(37)33-34-15-5-2-6-16-34)31-27(36)24-18-35(22-7-3-1-4-8-22)32-26(24)19-9-11-20(30)12-10-19/h1,3-4,7-14,17-18H,2,5-6,15-16H2,(H,31,36)(H,33,37). The third-order valence-corrected chi connectivity index (χ3v) is 6.51. The smallest absolute Gasteiger partial charge is 0.267 e. The Bertz CT molecular complexity index is 1420. The van der Waals surface area contributed by atoms with E-state index in [9.17, 15) is 14.0 Å². The summed E-state index contributed by atoms with van der Waals surface area (Å²) in [5.74, 6) is -1.13. The van der Waals surface area contributed by atoms with E-state index < -0.39 is 5.91 Å². The predicted octanol–water partition coefficient (Wildman–Crippen LogP) is 5.71. The molecule has 188 valence electrons. The van der Waals surface area contributed by atoms with Gasteiger partial charge >= 0.3 is 0 Å². The van der Waals surface area contributed by atoms with Crippen LogP contribution in [-0.4, -0.2) is 39.7 Å². The van der Waals surface area contributed by atoms with Crippen molar-refractivity contribution >= 4 is 29.1 Å². The number of rotatable bonds is 6. The molecular weight excluding hydrogens is 493 g/mol. The average Bonchev–Trinajstić information content (AvgIpc) is 3.37. The molecule has 0 spiro atoms. The van der Waals surface area contributed by atoms with E-state index in [1.54, 1.807) is 41.2 Å². The van der Waals surface area contributed by atoms with Crippen molar-refractivity contribution in [3.63, 3.8) is 0 Å². The summed E-state index contributed by atoms with van der Waals surface area (Å²) < 4.78 is 15.2. The SMILES string of the molecule is O=C(NN1CCCCC1)c1cc(NC(=O)c2cn(-c3ccccc3)nc2-c2ccc(F)cc2)ccc1Cl. The van der Waals surface area contributed by atoms with Gasteiger partial charge < -0.3 is 5.32 Å². The van der Waals surface area contributed by atoms with Crippen LogP contribution in [0.25, 0.3) is 16.9 Å². The second-order valence-electron chi connectivity index (χ2n) is 8.82. The molecule has 7 nitrogen and oxygen atoms in total. The summed E-state index contributed by atoms with van der Waals surface area (Å²) in [7, 11) is 0. The second kappa shape index (κ2) is 10.9. The van der Waals surface area contributed by atoms with Gasteiger partial charge in [-0.2, -0.15) is 5.10 Å². The van der Waals surface area contributed by atoms with Crippen LogP contribution in [0.3, 0.4) is 0 Å². The van der Waals surface area contributed by atoms with E-state index >= 15 is 0 Å². The number of nitrogens with one attached hydrogen (secondary N) is 2. The topological polar surface area (TPSA) is 79.3 Å². The fraction of sp³-hybridized carbons (Fsp3) is 0.179. The highest BCUT2D eigenvalue weighted by molar-refractivity contribution is 6.34. The molecule has 2 N–H and O–H groups in total. The molecule has 0 unspecified atom stereocenters. The maximum Gasteiger partial charge on any atom is 0.267 e. The molecular formula is C28H25ClFN5O2. The van der Waals surface area contributed by atoms with Crippen molar-refractivity contribution in [3.05, 3.63) is 101 Å². The lowest BCUT2D eigenvalue weighted by Gasteiger charge is -2.27. The Balaban J connectivity index is 1.42. The first kappa shape index (κ1) is 24.7. The molecule has 5 rings (SSSR count). The maximum atomic E-state index is 13.6. The number of amides is 2. The van der Waals surface area contributed by atoms with Gasteiger partial charge in [0.1, 0.15) is 11.5 Å². The predicted molar refractivity (Wildman–Crippen MR) is 141 cm³/mol. The maximum absolute atomic E-state index is 13.6. The summed E-state index contributed by atoms with van der Waals surface area (Å²) >= 11 is 6.32. The lowest BCUT2D eigenvalue weighted by Crippen LogP contribution is -2.45. The van der Waals surface area contributed by atoms with Crippen molar-refractivity contribution in [3.8, 4) is 16.9 Å². The van der Waals surface area contributed by atoms with Crippen molar-refractivity contribution in [2.24, 2.45) is 0 Å². The first-order chi connectivity index (χ1) is 18.0. The third-order valence-electron chi connectivity index (χ3n) is 6.18. The number of benzene rings is 3. The fourth-order valence-electron chi connectivity index (χ4n) is 4.26. The molecule has 0 radical (unpaired) electrons. The Hall–Kier alpha value is -4.01. The molecule has 37 heavy (non-hydrogen) atoms. The molecule has 1 saturated heterocycles. The molecule has 2 amide bonds. The number of piperidine rings is 1. The van der Waals surface area contributed by atoms with Gasteiger partial charge in [-0.05, 0) is 67.4 Å². The zero-order valence-electron chi connectivity index (χ0n) is 20.0. The highest BCUT2D eigenvalue weighted by Crippen LogP contribution is 2.26. The summed E-state index contributed by atoms with van der Waals surface area (Å²) in [6, 6.07) is 20.0. The molecule has 3 aromatic carbocycles. The van der Waals surface area contributed by atoms with Crippen molar-refractivity contribution in [1.82, 2.24) is 20.2 Å². The van der Waals surface area contributed by atoms with Crippen LogP contribution in [0, 0.1) is 5.82 Å². The minimum absolute atomic E-state index is 0.267. The molecule has 0 atom stereocenters. The molecule has 0 saturated carbocycles. The number of para-hydroxylation sites is 1. The number of hydrogen-bond acceptors (Lipinski definition) is 4. The fourth-order valence-corrected chi connectivity index (χ4v) is 4.46. The number of carbonyl (C=O) groups is 2. The van der Waals surface area contributed by atoms with Crippen LogP contribution in [0.2, 0.25) is 5.02 Å². The van der Waals surface area contributed by atoms with E-state index in [2.05, 4.69) is 15.8 Å². The van der Waals surface area contributed by atoms with Gasteiger partial charge in [-0.3, -0.25) is 15.0 Å². The van der Waals surface area contributed by atoms with Gasteiger partial charge in [-0.15, -0.1) is 0 Å². The Morgan fingerprint density at radius 2 is 1.59 bits per heavy atom. The highest BCUT2D eigenvalue weighted by Gasteiger charge is 2.21. The van der Waals surface area contributed by atoms with Crippen LogP contribution in [0.4, 0.5) is 10.1 Å². The van der Waals surface area contributed by atoms with Crippen LogP contribution in [-0.2, 0) is 0 Å². The number of hydrogen-bond donors (Lipinski definition) is 2. The zero-order valence-corrected chi connectivity index (χ0v) is 20.7. The lowest BCUT2D eigenvalue weighted by atomic mass is 10.1. The average molecular weight is 518 g/mol.